The molecule has 2 heterocycles. The summed E-state index contributed by atoms with van der Waals surface area (Å²) < 4.78 is 4.25. The maximum Gasteiger partial charge on any atom is 0.335 e. The fraction of sp³-hybridized carbons (Fsp3) is 0.188. The maximum absolute atomic E-state index is 14.6. The smallest absolute Gasteiger partial charge is 0.335 e. The average Bonchev–Trinajstić information content (AvgIpc) is 3.11. The highest BCUT2D eigenvalue weighted by atomic mass is 32.2. The number of β-lactam (4-membered cyclic amide) rings is 1. The maximum atomic E-state index is 14.6. The molecule has 1 saturated heterocycles. The van der Waals surface area contributed by atoms with Crippen LogP contribution in [0.25, 0.3) is 0 Å². The van der Waals surface area contributed by atoms with Crippen molar-refractivity contribution in [1.82, 2.24) is 0 Å². The second-order valence-electron chi connectivity index (χ2n) is 9.37. The van der Waals surface area contributed by atoms with Gasteiger partial charge in [-0.15, -0.1) is 11.8 Å². The molecule has 6 rings (SSSR count). The van der Waals surface area contributed by atoms with Gasteiger partial charge in [0.05, 0.1) is 12.3 Å². The fourth-order valence-corrected chi connectivity index (χ4v) is 8.50. The molecule has 3 atom stereocenters. The molecule has 0 spiro atoms. The van der Waals surface area contributed by atoms with Gasteiger partial charge in [0.1, 0.15) is 5.54 Å². The summed E-state index contributed by atoms with van der Waals surface area (Å²) in [6.45, 7) is 1.99. The van der Waals surface area contributed by atoms with E-state index < -0.39 is 16.3 Å². The zero-order valence-electron chi connectivity index (χ0n) is 20.9. The molecule has 4 aromatic rings. The van der Waals surface area contributed by atoms with Gasteiger partial charge in [-0.2, -0.15) is 0 Å². The Kier molecular flexibility index (Phi) is 6.54. The third kappa shape index (κ3) is 3.69. The van der Waals surface area contributed by atoms with E-state index in [-0.39, 0.29) is 17.8 Å². The van der Waals surface area contributed by atoms with Gasteiger partial charge in [-0.25, -0.2) is 4.79 Å². The molecule has 2 aliphatic rings. The lowest BCUT2D eigenvalue weighted by Gasteiger charge is -2.62. The van der Waals surface area contributed by atoms with Crippen molar-refractivity contribution in [3.63, 3.8) is 0 Å². The molecule has 2 aliphatic heterocycles. The fourth-order valence-electron chi connectivity index (χ4n) is 5.71. The Labute approximate surface area is 231 Å². The van der Waals surface area contributed by atoms with Crippen molar-refractivity contribution >= 4 is 41.1 Å². The van der Waals surface area contributed by atoms with E-state index in [0.29, 0.717) is 6.42 Å². The summed E-state index contributed by atoms with van der Waals surface area (Å²) in [5.41, 5.74) is 1.94. The first kappa shape index (κ1) is 24.8. The third-order valence-electron chi connectivity index (χ3n) is 7.32. The molecule has 0 unspecified atom stereocenters. The molecule has 0 saturated carbocycles. The number of anilines is 1. The van der Waals surface area contributed by atoms with Gasteiger partial charge in [0.2, 0.25) is 4.75 Å². The quantitative estimate of drug-likeness (QED) is 0.147. The predicted octanol–water partition coefficient (Wildman–Crippen LogP) is 7.26. The van der Waals surface area contributed by atoms with Crippen LogP contribution in [0.5, 0.6) is 0 Å². The lowest BCUT2D eigenvalue weighted by atomic mass is 9.64. The SMILES string of the molecule is CCOC(=O)[C@@]1(Sc2ccccc2)C(=O)N2c3ccccc3S[C@@H](c3ccccc3)C[C@]21c1ccccc1. The van der Waals surface area contributed by atoms with Crippen LogP contribution >= 0.6 is 23.5 Å². The highest BCUT2D eigenvalue weighted by molar-refractivity contribution is 8.02. The van der Waals surface area contributed by atoms with Gasteiger partial charge >= 0.3 is 5.97 Å². The summed E-state index contributed by atoms with van der Waals surface area (Å²) in [5.74, 6) is -0.731. The van der Waals surface area contributed by atoms with Crippen molar-refractivity contribution in [2.45, 2.75) is 38.7 Å². The van der Waals surface area contributed by atoms with Crippen LogP contribution in [-0.4, -0.2) is 23.2 Å². The molecule has 0 radical (unpaired) electrons. The van der Waals surface area contributed by atoms with Crippen LogP contribution in [0.1, 0.15) is 29.7 Å². The Morgan fingerprint density at radius 3 is 2.18 bits per heavy atom. The van der Waals surface area contributed by atoms with Crippen LogP contribution in [0.4, 0.5) is 5.69 Å². The summed E-state index contributed by atoms with van der Waals surface area (Å²) in [6.07, 6.45) is 0.546. The van der Waals surface area contributed by atoms with Crippen LogP contribution in [0.2, 0.25) is 0 Å². The third-order valence-corrected chi connectivity index (χ3v) is 10.1. The minimum absolute atomic E-state index is 0.000769. The van der Waals surface area contributed by atoms with Crippen molar-refractivity contribution < 1.29 is 14.3 Å². The van der Waals surface area contributed by atoms with Crippen LogP contribution in [0, 0.1) is 0 Å². The molecule has 6 heteroatoms. The Bertz CT molecular complexity index is 1460. The van der Waals surface area contributed by atoms with Gasteiger partial charge in [-0.1, -0.05) is 103 Å². The van der Waals surface area contributed by atoms with E-state index in [1.54, 1.807) is 18.7 Å². The van der Waals surface area contributed by atoms with Crippen LogP contribution in [-0.2, 0) is 19.9 Å². The molecule has 0 aliphatic carbocycles. The molecule has 1 amide bonds. The number of thioether (sulfide) groups is 2. The largest absolute Gasteiger partial charge is 0.464 e. The average molecular weight is 538 g/mol. The summed E-state index contributed by atoms with van der Waals surface area (Å²) in [5, 5.41) is 0.000769. The molecular formula is C32H27NO3S2. The van der Waals surface area contributed by atoms with Gasteiger partial charge in [0, 0.05) is 15.0 Å². The normalized spacial score (nSPS) is 24.0. The van der Waals surface area contributed by atoms with Crippen molar-refractivity contribution in [3.8, 4) is 0 Å². The van der Waals surface area contributed by atoms with E-state index in [2.05, 4.69) is 18.2 Å². The number of rotatable bonds is 6. The molecule has 4 aromatic carbocycles. The summed E-state index contributed by atoms with van der Waals surface area (Å²) in [4.78, 5) is 32.5. The first-order valence-corrected chi connectivity index (χ1v) is 14.4. The first-order valence-electron chi connectivity index (χ1n) is 12.7. The standard InChI is InChI=1S/C32H27NO3S2/c1-2-36-30(35)32(38-25-18-10-5-11-19-25)29(34)33-26-20-12-13-21-27(26)37-28(23-14-6-3-7-15-23)22-31(32,33)24-16-8-4-9-17-24/h3-21,28H,2,22H2,1H3/t28-,31-,32+/m1/s1. The van der Waals surface area contributed by atoms with E-state index in [4.69, 9.17) is 4.74 Å². The van der Waals surface area contributed by atoms with E-state index in [1.165, 1.54) is 11.8 Å². The minimum atomic E-state index is -1.49. The van der Waals surface area contributed by atoms with Gasteiger partial charge in [-0.3, -0.25) is 9.69 Å². The number of benzene rings is 4. The molecule has 0 N–H and O–H groups in total. The van der Waals surface area contributed by atoms with E-state index >= 15 is 0 Å². The van der Waals surface area contributed by atoms with Gasteiger partial charge in [0.15, 0.2) is 0 Å². The molecule has 1 fully saturated rings. The van der Waals surface area contributed by atoms with Crippen LogP contribution in [0.15, 0.2) is 125 Å². The van der Waals surface area contributed by atoms with Crippen LogP contribution < -0.4 is 4.90 Å². The number of fused-ring (bicyclic) bond motifs is 3. The van der Waals surface area contributed by atoms with Gasteiger partial charge < -0.3 is 4.74 Å². The minimum Gasteiger partial charge on any atom is -0.464 e. The summed E-state index contributed by atoms with van der Waals surface area (Å²) >= 11 is 3.07. The number of hydrogen-bond acceptors (Lipinski definition) is 5. The lowest BCUT2D eigenvalue weighted by molar-refractivity contribution is -0.158. The number of carbonyl (C=O) groups is 2. The predicted molar refractivity (Wildman–Crippen MR) is 153 cm³/mol. The van der Waals surface area contributed by atoms with Crippen LogP contribution in [0.3, 0.4) is 0 Å². The Balaban J connectivity index is 1.65. The summed E-state index contributed by atoms with van der Waals surface area (Å²) in [6, 6.07) is 38.1. The molecule has 4 nitrogen and oxygen atoms in total. The number of amides is 1. The number of para-hydroxylation sites is 1. The Morgan fingerprint density at radius 2 is 1.50 bits per heavy atom. The van der Waals surface area contributed by atoms with E-state index in [1.807, 2.05) is 102 Å². The topological polar surface area (TPSA) is 46.6 Å². The molecule has 0 aromatic heterocycles. The number of esters is 1. The summed E-state index contributed by atoms with van der Waals surface area (Å²) in [7, 11) is 0. The molecule has 0 bridgehead atoms. The molecular weight excluding hydrogens is 510 g/mol. The van der Waals surface area contributed by atoms with E-state index in [0.717, 1.165) is 26.6 Å². The Hall–Kier alpha value is -3.48. The molecule has 190 valence electrons. The zero-order valence-corrected chi connectivity index (χ0v) is 22.6. The number of carbonyl (C=O) groups excluding carboxylic acids is 2. The van der Waals surface area contributed by atoms with Crippen molar-refractivity contribution in [1.29, 1.82) is 0 Å². The van der Waals surface area contributed by atoms with Crippen molar-refractivity contribution in [2.75, 3.05) is 11.5 Å². The van der Waals surface area contributed by atoms with Gasteiger partial charge in [-0.05, 0) is 48.7 Å². The number of ether oxygens (including phenoxy) is 1. The van der Waals surface area contributed by atoms with Crippen molar-refractivity contribution in [2.24, 2.45) is 0 Å². The lowest BCUT2D eigenvalue weighted by Crippen LogP contribution is -2.82. The van der Waals surface area contributed by atoms with E-state index in [9.17, 15) is 9.59 Å². The highest BCUT2D eigenvalue weighted by Gasteiger charge is 2.78. The second-order valence-corrected chi connectivity index (χ2v) is 11.9. The Morgan fingerprint density at radius 1 is 0.895 bits per heavy atom. The number of nitrogens with zero attached hydrogens (tertiary/aromatic N) is 1. The second kappa shape index (κ2) is 10.0. The van der Waals surface area contributed by atoms with Crippen molar-refractivity contribution in [3.05, 3.63) is 126 Å². The van der Waals surface area contributed by atoms with Gasteiger partial charge in [0.25, 0.3) is 5.91 Å². The molecule has 38 heavy (non-hydrogen) atoms. The zero-order chi connectivity index (χ0) is 26.2. The number of hydrogen-bond donors (Lipinski definition) is 0. The highest BCUT2D eigenvalue weighted by Crippen LogP contribution is 2.67. The monoisotopic (exact) mass is 537 g/mol. The first-order chi connectivity index (χ1) is 18.6.